The second-order valence-electron chi connectivity index (χ2n) is 3.47. The van der Waals surface area contributed by atoms with Crippen molar-refractivity contribution in [2.45, 2.75) is 6.92 Å². The van der Waals surface area contributed by atoms with Crippen molar-refractivity contribution >= 4 is 23.1 Å². The number of anilines is 1. The molecule has 17 heavy (non-hydrogen) atoms. The summed E-state index contributed by atoms with van der Waals surface area (Å²) in [6, 6.07) is 7.16. The molecule has 0 atom stereocenters. The zero-order valence-electron chi connectivity index (χ0n) is 9.73. The van der Waals surface area contributed by atoms with Gasteiger partial charge in [0, 0.05) is 5.69 Å². The number of nitrogens with two attached hydrogens (primary N) is 1. The lowest BCUT2D eigenvalue weighted by atomic mass is 10.1. The van der Waals surface area contributed by atoms with Gasteiger partial charge in [0.1, 0.15) is 0 Å². The van der Waals surface area contributed by atoms with Crippen LogP contribution in [0.3, 0.4) is 0 Å². The third kappa shape index (κ3) is 3.95. The molecular weight excluding hydrogens is 214 g/mol. The van der Waals surface area contributed by atoms with Crippen LogP contribution >= 0.6 is 0 Å². The van der Waals surface area contributed by atoms with Crippen molar-refractivity contribution in [2.75, 3.05) is 5.32 Å². The first-order valence-corrected chi connectivity index (χ1v) is 5.06. The lowest BCUT2D eigenvalue weighted by Crippen LogP contribution is -2.07. The maximum absolute atomic E-state index is 11.1. The molecule has 4 nitrogen and oxygen atoms in total. The van der Waals surface area contributed by atoms with Crippen molar-refractivity contribution in [1.82, 2.24) is 0 Å². The van der Waals surface area contributed by atoms with E-state index in [9.17, 15) is 4.79 Å². The molecule has 0 bridgehead atoms. The van der Waals surface area contributed by atoms with E-state index in [-0.39, 0.29) is 5.91 Å². The molecule has 3 N–H and O–H groups in total. The lowest BCUT2D eigenvalue weighted by Gasteiger charge is -2.04. The molecule has 0 saturated carbocycles. The number of nitrogens with one attached hydrogen (secondary N) is 1. The van der Waals surface area contributed by atoms with E-state index in [0.29, 0.717) is 17.2 Å². The van der Waals surface area contributed by atoms with Gasteiger partial charge >= 0.3 is 0 Å². The van der Waals surface area contributed by atoms with Gasteiger partial charge in [0.2, 0.25) is 5.91 Å². The number of carbonyl (C=O) groups is 1. The first kappa shape index (κ1) is 12.7. The molecule has 0 radical (unpaired) electrons. The maximum Gasteiger partial charge on any atom is 0.247 e. The predicted octanol–water partition coefficient (Wildman–Crippen LogP) is 2.16. The summed E-state index contributed by atoms with van der Waals surface area (Å²) >= 11 is 0. The van der Waals surface area contributed by atoms with Crippen LogP contribution in [0.2, 0.25) is 0 Å². The number of amidine groups is 1. The van der Waals surface area contributed by atoms with Crippen molar-refractivity contribution < 1.29 is 4.79 Å². The molecule has 0 aliphatic heterocycles. The van der Waals surface area contributed by atoms with Crippen molar-refractivity contribution in [1.29, 1.82) is 0 Å². The van der Waals surface area contributed by atoms with Gasteiger partial charge < -0.3 is 11.1 Å². The molecule has 1 aromatic rings. The molecule has 1 rings (SSSR count). The smallest absolute Gasteiger partial charge is 0.247 e. The quantitative estimate of drug-likeness (QED) is 0.472. The van der Waals surface area contributed by atoms with Crippen molar-refractivity contribution in [3.63, 3.8) is 0 Å². The van der Waals surface area contributed by atoms with Gasteiger partial charge in [-0.05, 0) is 30.7 Å². The molecular formula is C13H15N3O. The largest absolute Gasteiger partial charge is 0.387 e. The molecule has 0 unspecified atom stereocenters. The summed E-state index contributed by atoms with van der Waals surface area (Å²) in [5.74, 6) is 0.214. The highest BCUT2D eigenvalue weighted by atomic mass is 16.1. The lowest BCUT2D eigenvalue weighted by molar-refractivity contribution is -0.111. The Hall–Kier alpha value is -2.36. The topological polar surface area (TPSA) is 67.5 Å². The minimum atomic E-state index is -0.243. The van der Waals surface area contributed by atoms with Crippen LogP contribution in [0.5, 0.6) is 0 Å². The Balaban J connectivity index is 2.81. The van der Waals surface area contributed by atoms with Crippen LogP contribution in [0.25, 0.3) is 5.70 Å². The van der Waals surface area contributed by atoms with Crippen LogP contribution in [-0.2, 0) is 4.79 Å². The van der Waals surface area contributed by atoms with E-state index in [1.54, 1.807) is 19.1 Å². The minimum absolute atomic E-state index is 0.243. The third-order valence-electron chi connectivity index (χ3n) is 1.98. The standard InChI is InChI=1S/C13H15N3O/c1-4-13(17)16-12-7-5-11(6-8-12)9(2)15-10(3)14/h4-8H,1-2H2,3H3,(H2,14,15)(H,16,17). The summed E-state index contributed by atoms with van der Waals surface area (Å²) in [6.45, 7) is 8.88. The van der Waals surface area contributed by atoms with Crippen molar-refractivity contribution in [3.8, 4) is 0 Å². The predicted molar refractivity (Wildman–Crippen MR) is 71.6 cm³/mol. The number of amides is 1. The Labute approximate surface area is 101 Å². The second kappa shape index (κ2) is 5.65. The van der Waals surface area contributed by atoms with Crippen LogP contribution in [0.15, 0.2) is 48.5 Å². The number of rotatable bonds is 4. The van der Waals surface area contributed by atoms with E-state index in [1.165, 1.54) is 6.08 Å². The number of aliphatic imine (C=N–C) groups is 1. The summed E-state index contributed by atoms with van der Waals surface area (Å²) in [5, 5.41) is 2.65. The fraction of sp³-hybridized carbons (Fsp3) is 0.0769. The van der Waals surface area contributed by atoms with E-state index in [1.807, 2.05) is 12.1 Å². The molecule has 1 aromatic carbocycles. The van der Waals surface area contributed by atoms with Crippen LogP contribution in [-0.4, -0.2) is 11.7 Å². The molecule has 0 spiro atoms. The van der Waals surface area contributed by atoms with Gasteiger partial charge in [-0.3, -0.25) is 4.79 Å². The number of carbonyl (C=O) groups excluding carboxylic acids is 1. The summed E-state index contributed by atoms with van der Waals surface area (Å²) in [6.07, 6.45) is 1.22. The Morgan fingerprint density at radius 2 is 2.00 bits per heavy atom. The van der Waals surface area contributed by atoms with E-state index >= 15 is 0 Å². The second-order valence-corrected chi connectivity index (χ2v) is 3.47. The average molecular weight is 229 g/mol. The molecule has 88 valence electrons. The average Bonchev–Trinajstić information content (AvgIpc) is 2.28. The van der Waals surface area contributed by atoms with E-state index < -0.39 is 0 Å². The summed E-state index contributed by atoms with van der Waals surface area (Å²) in [5.41, 5.74) is 7.60. The number of hydrogen-bond donors (Lipinski definition) is 2. The van der Waals surface area contributed by atoms with Crippen LogP contribution < -0.4 is 11.1 Å². The highest BCUT2D eigenvalue weighted by molar-refractivity contribution is 5.98. The molecule has 0 saturated heterocycles. The Kier molecular flexibility index (Phi) is 4.22. The molecule has 0 fully saturated rings. The van der Waals surface area contributed by atoms with Gasteiger partial charge in [0.25, 0.3) is 0 Å². The van der Waals surface area contributed by atoms with Gasteiger partial charge in [-0.2, -0.15) is 0 Å². The SMILES string of the molecule is C=CC(=O)Nc1ccc(C(=C)N=C(C)N)cc1. The number of benzene rings is 1. The number of hydrogen-bond acceptors (Lipinski definition) is 2. The van der Waals surface area contributed by atoms with E-state index in [2.05, 4.69) is 23.5 Å². The van der Waals surface area contributed by atoms with Crippen LogP contribution in [0.1, 0.15) is 12.5 Å². The minimum Gasteiger partial charge on any atom is -0.387 e. The molecule has 1 amide bonds. The van der Waals surface area contributed by atoms with Crippen molar-refractivity contribution in [2.24, 2.45) is 10.7 Å². The zero-order chi connectivity index (χ0) is 12.8. The Bertz CT molecular complexity index is 468. The van der Waals surface area contributed by atoms with Crippen LogP contribution in [0, 0.1) is 0 Å². The van der Waals surface area contributed by atoms with E-state index in [4.69, 9.17) is 5.73 Å². The fourth-order valence-electron chi connectivity index (χ4n) is 1.22. The van der Waals surface area contributed by atoms with E-state index in [0.717, 1.165) is 5.56 Å². The molecule has 0 aromatic heterocycles. The highest BCUT2D eigenvalue weighted by Crippen LogP contribution is 2.17. The van der Waals surface area contributed by atoms with Crippen molar-refractivity contribution in [3.05, 3.63) is 49.1 Å². The van der Waals surface area contributed by atoms with Crippen LogP contribution in [0.4, 0.5) is 5.69 Å². The maximum atomic E-state index is 11.1. The normalized spacial score (nSPS) is 10.8. The number of nitrogens with zero attached hydrogens (tertiary/aromatic N) is 1. The Morgan fingerprint density at radius 1 is 1.41 bits per heavy atom. The third-order valence-corrected chi connectivity index (χ3v) is 1.98. The highest BCUT2D eigenvalue weighted by Gasteiger charge is 1.99. The first-order chi connectivity index (χ1) is 8.02. The molecule has 0 aliphatic carbocycles. The van der Waals surface area contributed by atoms with Gasteiger partial charge in [-0.25, -0.2) is 4.99 Å². The monoisotopic (exact) mass is 229 g/mol. The fourth-order valence-corrected chi connectivity index (χ4v) is 1.22. The summed E-state index contributed by atoms with van der Waals surface area (Å²) in [7, 11) is 0. The summed E-state index contributed by atoms with van der Waals surface area (Å²) < 4.78 is 0. The van der Waals surface area contributed by atoms with Gasteiger partial charge in [-0.1, -0.05) is 25.3 Å². The molecule has 4 heteroatoms. The van der Waals surface area contributed by atoms with Gasteiger partial charge in [0.05, 0.1) is 11.5 Å². The molecule has 0 heterocycles. The first-order valence-electron chi connectivity index (χ1n) is 5.06. The summed E-state index contributed by atoms with van der Waals surface area (Å²) in [4.78, 5) is 15.1. The zero-order valence-corrected chi connectivity index (χ0v) is 9.73. The molecule has 0 aliphatic rings. The van der Waals surface area contributed by atoms with Gasteiger partial charge in [-0.15, -0.1) is 0 Å². The Morgan fingerprint density at radius 3 is 2.47 bits per heavy atom. The van der Waals surface area contributed by atoms with Gasteiger partial charge in [0.15, 0.2) is 0 Å².